The fraction of sp³-hybridized carbons (Fsp3) is 0.600. The molecule has 0 unspecified atom stereocenters. The Bertz CT molecular complexity index is 413. The molecule has 4 rings (SSSR count). The molecular weight excluding hydrogens is 224 g/mol. The number of para-hydroxylation sites is 2. The molecule has 0 aromatic heterocycles. The lowest BCUT2D eigenvalue weighted by molar-refractivity contribution is 0.0500. The Hall–Kier alpha value is -1.22. The van der Waals surface area contributed by atoms with Crippen molar-refractivity contribution >= 4 is 5.69 Å². The van der Waals surface area contributed by atoms with Crippen LogP contribution in [-0.2, 0) is 0 Å². The predicted molar refractivity (Wildman–Crippen MR) is 74.1 cm³/mol. The van der Waals surface area contributed by atoms with Crippen LogP contribution in [0, 0.1) is 5.92 Å². The van der Waals surface area contributed by atoms with E-state index in [9.17, 15) is 0 Å². The van der Waals surface area contributed by atoms with Crippen LogP contribution in [0.5, 0.6) is 5.75 Å². The van der Waals surface area contributed by atoms with Gasteiger partial charge in [-0.05, 0) is 37.3 Å². The molecule has 3 heteroatoms. The van der Waals surface area contributed by atoms with Crippen molar-refractivity contribution in [2.45, 2.75) is 25.4 Å². The van der Waals surface area contributed by atoms with E-state index in [1.165, 1.54) is 38.0 Å². The van der Waals surface area contributed by atoms with E-state index in [1.54, 1.807) is 7.11 Å². The zero-order valence-electron chi connectivity index (χ0n) is 11.3. The monoisotopic (exact) mass is 246 g/mol. The van der Waals surface area contributed by atoms with Crippen LogP contribution in [0.15, 0.2) is 24.3 Å². The lowest BCUT2D eigenvalue weighted by Gasteiger charge is -2.49. The van der Waals surface area contributed by atoms with E-state index >= 15 is 0 Å². The summed E-state index contributed by atoms with van der Waals surface area (Å²) in [6, 6.07) is 8.32. The van der Waals surface area contributed by atoms with E-state index in [0.29, 0.717) is 6.17 Å². The van der Waals surface area contributed by atoms with Crippen molar-refractivity contribution in [3.05, 3.63) is 24.3 Å². The minimum atomic E-state index is 0.550. The van der Waals surface area contributed by atoms with Crippen LogP contribution in [0.25, 0.3) is 0 Å². The highest BCUT2D eigenvalue weighted by atomic mass is 16.5. The molecule has 3 aliphatic rings. The summed E-state index contributed by atoms with van der Waals surface area (Å²) in [5.74, 6) is 1.90. The first-order chi connectivity index (χ1) is 8.79. The van der Waals surface area contributed by atoms with Gasteiger partial charge in [-0.15, -0.1) is 0 Å². The average molecular weight is 246 g/mol. The minimum absolute atomic E-state index is 0.550. The highest BCUT2D eigenvalue weighted by Gasteiger charge is 2.36. The highest BCUT2D eigenvalue weighted by Crippen LogP contribution is 2.37. The summed E-state index contributed by atoms with van der Waals surface area (Å²) in [4.78, 5) is 5.01. The second-order valence-electron chi connectivity index (χ2n) is 5.48. The summed E-state index contributed by atoms with van der Waals surface area (Å²) in [7, 11) is 3.95. The third kappa shape index (κ3) is 1.97. The summed E-state index contributed by atoms with van der Waals surface area (Å²) in [5, 5.41) is 0. The molecule has 2 bridgehead atoms. The second kappa shape index (κ2) is 4.81. The Balaban J connectivity index is 1.83. The minimum Gasteiger partial charge on any atom is -0.495 e. The summed E-state index contributed by atoms with van der Waals surface area (Å²) in [6.07, 6.45) is 4.62. The normalized spacial score (nSPS) is 30.2. The Labute approximate surface area is 109 Å². The van der Waals surface area contributed by atoms with Crippen LogP contribution < -0.4 is 9.64 Å². The van der Waals surface area contributed by atoms with Crippen molar-refractivity contribution in [2.24, 2.45) is 5.92 Å². The molecule has 3 aliphatic heterocycles. The van der Waals surface area contributed by atoms with Gasteiger partial charge >= 0.3 is 0 Å². The molecule has 98 valence electrons. The van der Waals surface area contributed by atoms with Crippen molar-refractivity contribution in [1.82, 2.24) is 4.90 Å². The molecule has 3 nitrogen and oxygen atoms in total. The first kappa shape index (κ1) is 11.8. The number of fused-ring (bicyclic) bond motifs is 3. The van der Waals surface area contributed by atoms with Gasteiger partial charge in [-0.25, -0.2) is 0 Å². The van der Waals surface area contributed by atoms with E-state index in [-0.39, 0.29) is 0 Å². The first-order valence-corrected chi connectivity index (χ1v) is 6.89. The number of hydrogen-bond donors (Lipinski definition) is 0. The molecule has 18 heavy (non-hydrogen) atoms. The molecule has 1 aromatic carbocycles. The number of hydrogen-bond acceptors (Lipinski definition) is 3. The molecule has 0 amide bonds. The zero-order valence-corrected chi connectivity index (χ0v) is 11.3. The Kier molecular flexibility index (Phi) is 3.16. The molecule has 0 spiro atoms. The predicted octanol–water partition coefficient (Wildman–Crippen LogP) is 2.57. The Morgan fingerprint density at radius 2 is 1.94 bits per heavy atom. The molecule has 0 radical (unpaired) electrons. The summed E-state index contributed by atoms with van der Waals surface area (Å²) in [5.41, 5.74) is 1.21. The molecule has 1 aromatic rings. The number of methoxy groups -OCH3 is 1. The maximum atomic E-state index is 5.48. The number of ether oxygens (including phenoxy) is 1. The van der Waals surface area contributed by atoms with E-state index < -0.39 is 0 Å². The molecule has 0 N–H and O–H groups in total. The SMILES string of the molecule is COc1ccccc1N(C)[C@@H]1CC2CCN1CC2. The van der Waals surface area contributed by atoms with Crippen molar-refractivity contribution in [2.75, 3.05) is 32.1 Å². The smallest absolute Gasteiger partial charge is 0.142 e. The summed E-state index contributed by atoms with van der Waals surface area (Å²) < 4.78 is 5.48. The van der Waals surface area contributed by atoms with Gasteiger partial charge in [0.15, 0.2) is 0 Å². The number of anilines is 1. The van der Waals surface area contributed by atoms with Gasteiger partial charge in [-0.1, -0.05) is 12.1 Å². The molecule has 3 fully saturated rings. The van der Waals surface area contributed by atoms with Gasteiger partial charge in [0.25, 0.3) is 0 Å². The zero-order chi connectivity index (χ0) is 12.5. The van der Waals surface area contributed by atoms with E-state index in [1.807, 2.05) is 12.1 Å². The van der Waals surface area contributed by atoms with Gasteiger partial charge in [0.05, 0.1) is 19.0 Å². The topological polar surface area (TPSA) is 15.7 Å². The van der Waals surface area contributed by atoms with Gasteiger partial charge in [-0.3, -0.25) is 4.90 Å². The van der Waals surface area contributed by atoms with Crippen LogP contribution in [0.1, 0.15) is 19.3 Å². The van der Waals surface area contributed by atoms with Gasteiger partial charge in [0.2, 0.25) is 0 Å². The van der Waals surface area contributed by atoms with Gasteiger partial charge < -0.3 is 9.64 Å². The maximum Gasteiger partial charge on any atom is 0.142 e. The lowest BCUT2D eigenvalue weighted by atomic mass is 9.85. The largest absolute Gasteiger partial charge is 0.495 e. The number of benzene rings is 1. The third-order valence-electron chi connectivity index (χ3n) is 4.53. The molecule has 3 saturated heterocycles. The lowest BCUT2D eigenvalue weighted by Crippen LogP contribution is -2.55. The van der Waals surface area contributed by atoms with E-state index in [0.717, 1.165) is 11.7 Å². The van der Waals surface area contributed by atoms with Crippen LogP contribution in [-0.4, -0.2) is 38.3 Å². The summed E-state index contributed by atoms with van der Waals surface area (Å²) in [6.45, 7) is 2.52. The third-order valence-corrected chi connectivity index (χ3v) is 4.53. The Morgan fingerprint density at radius 1 is 1.22 bits per heavy atom. The van der Waals surface area contributed by atoms with E-state index in [4.69, 9.17) is 4.74 Å². The standard InChI is InChI=1S/C15H22N2O/c1-16(13-5-3-4-6-14(13)18-2)15-11-12-7-9-17(15)10-8-12/h3-6,12,15H,7-11H2,1-2H3/t15-/m0/s1. The maximum absolute atomic E-state index is 5.48. The highest BCUT2D eigenvalue weighted by molar-refractivity contribution is 5.58. The summed E-state index contributed by atoms with van der Waals surface area (Å²) >= 11 is 0. The fourth-order valence-corrected chi connectivity index (χ4v) is 3.42. The van der Waals surface area contributed by atoms with Crippen molar-refractivity contribution < 1.29 is 4.74 Å². The fourth-order valence-electron chi connectivity index (χ4n) is 3.42. The molecular formula is C15H22N2O. The van der Waals surface area contributed by atoms with Gasteiger partial charge in [0, 0.05) is 20.1 Å². The van der Waals surface area contributed by atoms with Crippen LogP contribution in [0.3, 0.4) is 0 Å². The first-order valence-electron chi connectivity index (χ1n) is 6.89. The number of piperidine rings is 3. The second-order valence-corrected chi connectivity index (χ2v) is 5.48. The van der Waals surface area contributed by atoms with Crippen molar-refractivity contribution in [1.29, 1.82) is 0 Å². The molecule has 3 heterocycles. The van der Waals surface area contributed by atoms with Gasteiger partial charge in [-0.2, -0.15) is 0 Å². The number of rotatable bonds is 3. The Morgan fingerprint density at radius 3 is 2.56 bits per heavy atom. The number of nitrogens with zero attached hydrogens (tertiary/aromatic N) is 2. The van der Waals surface area contributed by atoms with E-state index in [2.05, 4.69) is 29.0 Å². The molecule has 0 aliphatic carbocycles. The van der Waals surface area contributed by atoms with Crippen LogP contribution >= 0.6 is 0 Å². The van der Waals surface area contributed by atoms with Gasteiger partial charge in [0.1, 0.15) is 5.75 Å². The van der Waals surface area contributed by atoms with Crippen molar-refractivity contribution in [3.8, 4) is 5.75 Å². The van der Waals surface area contributed by atoms with Crippen LogP contribution in [0.2, 0.25) is 0 Å². The van der Waals surface area contributed by atoms with Crippen molar-refractivity contribution in [3.63, 3.8) is 0 Å². The molecule has 0 saturated carbocycles. The average Bonchev–Trinajstić information content (AvgIpc) is 2.47. The molecule has 1 atom stereocenters. The van der Waals surface area contributed by atoms with Crippen LogP contribution in [0.4, 0.5) is 5.69 Å². The quantitative estimate of drug-likeness (QED) is 0.815.